The fourth-order valence-corrected chi connectivity index (χ4v) is 10.2. The minimum absolute atomic E-state index is 0.0135. The van der Waals surface area contributed by atoms with Gasteiger partial charge in [0.1, 0.15) is 41.1 Å². The molecule has 1 atom stereocenters. The minimum Gasteiger partial charge on any atom is -0.508 e. The molecule has 1 aliphatic carbocycles. The molecule has 0 bridgehead atoms. The van der Waals surface area contributed by atoms with Crippen LogP contribution in [0.5, 0.6) is 5.75 Å². The summed E-state index contributed by atoms with van der Waals surface area (Å²) >= 11 is 0. The summed E-state index contributed by atoms with van der Waals surface area (Å²) in [5.74, 6) is -0.646. The molecular formula is C52H70N9O11S2+. The highest BCUT2D eigenvalue weighted by atomic mass is 32.2. The molecule has 74 heavy (non-hydrogen) atoms. The number of amides is 3. The summed E-state index contributed by atoms with van der Waals surface area (Å²) in [6.45, 7) is 12.1. The number of phenolic OH excluding ortho intramolecular Hbond substituents is 1. The van der Waals surface area contributed by atoms with Crippen molar-refractivity contribution in [1.82, 2.24) is 25.2 Å². The van der Waals surface area contributed by atoms with Crippen LogP contribution in [-0.2, 0) is 39.3 Å². The van der Waals surface area contributed by atoms with E-state index < -0.39 is 42.9 Å². The Morgan fingerprint density at radius 3 is 2.20 bits per heavy atom. The van der Waals surface area contributed by atoms with Gasteiger partial charge in [-0.3, -0.25) is 23.9 Å². The van der Waals surface area contributed by atoms with Gasteiger partial charge in [-0.1, -0.05) is 24.6 Å². The molecule has 0 saturated carbocycles. The molecule has 1 aliphatic heterocycles. The Balaban J connectivity index is 1.10. The number of nitrogens with two attached hydrogens (primary N) is 2. The van der Waals surface area contributed by atoms with Gasteiger partial charge in [0.15, 0.2) is 5.96 Å². The zero-order chi connectivity index (χ0) is 53.8. The molecule has 3 amide bonds. The number of carbonyl (C=O) groups excluding carboxylic acids is 3. The normalized spacial score (nSPS) is 12.2. The van der Waals surface area contributed by atoms with Crippen molar-refractivity contribution in [2.24, 2.45) is 16.5 Å². The molecule has 10 N–H and O–H groups in total. The lowest BCUT2D eigenvalue weighted by molar-refractivity contribution is -0.127. The Labute approximate surface area is 433 Å². The fraction of sp³-hybridized carbons (Fsp3) is 0.404. The van der Waals surface area contributed by atoms with Crippen molar-refractivity contribution in [3.05, 3.63) is 95.9 Å². The van der Waals surface area contributed by atoms with E-state index in [1.54, 1.807) is 18.2 Å². The summed E-state index contributed by atoms with van der Waals surface area (Å²) in [4.78, 5) is 43.2. The highest BCUT2D eigenvalue weighted by molar-refractivity contribution is 7.89. The van der Waals surface area contributed by atoms with Crippen molar-refractivity contribution in [3.8, 4) is 28.2 Å². The lowest BCUT2D eigenvalue weighted by atomic mass is 9.93. The van der Waals surface area contributed by atoms with Crippen LogP contribution in [0.25, 0.3) is 39.5 Å². The molecule has 0 aromatic heterocycles. The van der Waals surface area contributed by atoms with E-state index in [0.29, 0.717) is 59.1 Å². The third-order valence-corrected chi connectivity index (χ3v) is 14.5. The fourth-order valence-electron chi connectivity index (χ4n) is 8.27. The molecule has 5 rings (SSSR count). The molecule has 1 heterocycles. The van der Waals surface area contributed by atoms with Crippen LogP contribution in [0.15, 0.2) is 104 Å². The summed E-state index contributed by atoms with van der Waals surface area (Å²) in [7, 11) is -9.20. The second-order valence-corrected chi connectivity index (χ2v) is 20.4. The Morgan fingerprint density at radius 1 is 0.824 bits per heavy atom. The van der Waals surface area contributed by atoms with Gasteiger partial charge in [0.05, 0.1) is 24.2 Å². The molecular weight excluding hydrogens is 991 g/mol. The van der Waals surface area contributed by atoms with Crippen molar-refractivity contribution < 1.29 is 50.0 Å². The summed E-state index contributed by atoms with van der Waals surface area (Å²) in [6, 6.07) is 20.4. The molecule has 0 unspecified atom stereocenters. The first kappa shape index (κ1) is 58.0. The number of anilines is 1. The molecule has 2 aliphatic rings. The SMILES string of the molecule is CCN(CC)c1ccc2c(-c3ccc(S(=O)(=O)NCCCCCC(=O)NCCOCCNC(=O)[C@@H](CCCN=C(N)N)NC(=O)C=Cc4ccc(O)cc4)cc3S(=O)(=O)O)c3ccc(=[N+](CC)CC)cc-3oc2c1. The number of guanidine groups is 1. The van der Waals surface area contributed by atoms with Gasteiger partial charge in [-0.2, -0.15) is 8.42 Å². The Kier molecular flexibility index (Phi) is 22.0. The van der Waals surface area contributed by atoms with Crippen LogP contribution in [0.1, 0.15) is 71.8 Å². The Bertz CT molecular complexity index is 3040. The monoisotopic (exact) mass is 1060 g/mol. The van der Waals surface area contributed by atoms with Gasteiger partial charge in [0.25, 0.3) is 10.1 Å². The first-order valence-corrected chi connectivity index (χ1v) is 27.7. The van der Waals surface area contributed by atoms with E-state index in [1.807, 2.05) is 64.1 Å². The molecule has 400 valence electrons. The number of rotatable bonds is 29. The predicted molar refractivity (Wildman–Crippen MR) is 287 cm³/mol. The number of ether oxygens (including phenoxy) is 1. The molecule has 3 aromatic rings. The van der Waals surface area contributed by atoms with Gasteiger partial charge >= 0.3 is 0 Å². The number of phenols is 1. The second kappa shape index (κ2) is 28.0. The van der Waals surface area contributed by atoms with Gasteiger partial charge in [-0.15, -0.1) is 0 Å². The molecule has 20 nitrogen and oxygen atoms in total. The molecule has 22 heteroatoms. The van der Waals surface area contributed by atoms with E-state index in [-0.39, 0.29) is 80.3 Å². The Hall–Kier alpha value is -6.85. The maximum atomic E-state index is 13.6. The number of hydrogen-bond donors (Lipinski definition) is 8. The molecule has 0 radical (unpaired) electrons. The van der Waals surface area contributed by atoms with Crippen molar-refractivity contribution in [3.63, 3.8) is 0 Å². The average molecular weight is 1060 g/mol. The lowest BCUT2D eigenvalue weighted by Gasteiger charge is -2.22. The first-order chi connectivity index (χ1) is 35.4. The number of nitrogens with one attached hydrogen (secondary N) is 4. The highest BCUT2D eigenvalue weighted by Crippen LogP contribution is 2.43. The first-order valence-electron chi connectivity index (χ1n) is 24.8. The van der Waals surface area contributed by atoms with Crippen LogP contribution >= 0.6 is 0 Å². The van der Waals surface area contributed by atoms with Gasteiger partial charge < -0.3 is 46.6 Å². The summed E-state index contributed by atoms with van der Waals surface area (Å²) in [6.07, 6.45) is 5.08. The van der Waals surface area contributed by atoms with E-state index in [0.717, 1.165) is 43.3 Å². The number of fused-ring (bicyclic) bond motifs is 2. The van der Waals surface area contributed by atoms with E-state index in [4.69, 9.17) is 20.6 Å². The number of carbonyl (C=O) groups is 3. The quantitative estimate of drug-likeness (QED) is 0.00635. The average Bonchev–Trinajstić information content (AvgIpc) is 3.37. The van der Waals surface area contributed by atoms with Crippen LogP contribution in [-0.4, -0.2) is 122 Å². The van der Waals surface area contributed by atoms with Gasteiger partial charge in [-0.25, -0.2) is 17.7 Å². The van der Waals surface area contributed by atoms with E-state index in [9.17, 15) is 40.9 Å². The van der Waals surface area contributed by atoms with E-state index in [1.165, 1.54) is 30.3 Å². The number of unbranched alkanes of at least 4 members (excludes halogenated alkanes) is 2. The summed E-state index contributed by atoms with van der Waals surface area (Å²) in [5.41, 5.74) is 14.0. The number of nitrogens with zero attached hydrogens (tertiary/aromatic N) is 3. The molecule has 3 aromatic carbocycles. The van der Waals surface area contributed by atoms with Crippen molar-refractivity contribution in [2.75, 3.05) is 70.5 Å². The third-order valence-electron chi connectivity index (χ3n) is 12.1. The number of aliphatic imine (C=N–C) groups is 1. The Morgan fingerprint density at radius 2 is 1.53 bits per heavy atom. The van der Waals surface area contributed by atoms with Crippen molar-refractivity contribution in [2.45, 2.75) is 82.1 Å². The van der Waals surface area contributed by atoms with Gasteiger partial charge in [-0.05, 0) is 107 Å². The van der Waals surface area contributed by atoms with Crippen LogP contribution < -0.4 is 47.0 Å². The van der Waals surface area contributed by atoms with Crippen LogP contribution in [0.4, 0.5) is 5.69 Å². The number of benzene rings is 4. The van der Waals surface area contributed by atoms with Crippen LogP contribution in [0.2, 0.25) is 0 Å². The van der Waals surface area contributed by atoms with E-state index in [2.05, 4.69) is 35.1 Å². The van der Waals surface area contributed by atoms with Crippen molar-refractivity contribution in [1.29, 1.82) is 0 Å². The zero-order valence-corrected chi connectivity index (χ0v) is 44.1. The number of aromatic hydroxyl groups is 1. The highest BCUT2D eigenvalue weighted by Gasteiger charge is 2.27. The van der Waals surface area contributed by atoms with E-state index >= 15 is 0 Å². The molecule has 0 spiro atoms. The third kappa shape index (κ3) is 16.8. The molecule has 0 saturated heterocycles. The van der Waals surface area contributed by atoms with Gasteiger partial charge in [0.2, 0.25) is 33.1 Å². The van der Waals surface area contributed by atoms with Gasteiger partial charge in [0, 0.05) is 91.7 Å². The van der Waals surface area contributed by atoms with Crippen LogP contribution in [0, 0.1) is 0 Å². The standard InChI is InChI=1S/C52H69N9O11S2/c1-5-60(6-2)37-18-23-41-45(33-37)72-46-34-38(61(7-3)8-4)19-24-42(46)50(41)43-25-22-40(35-47(43)74(68,69)70)73(66,67)58-28-11-9-10-14-48(63)55-29-31-71-32-30-56-51(65)44(13-12-27-57-52(53)54)59-49(64)26-17-36-15-20-39(62)21-16-36/h15-26,33-35,44,58H,5-14,27-32H2,1-4H3,(H8-,53,54,55,56,57,59,62,63,64,65,68,69,70)/p+1/t44-/m1/s1. The van der Waals surface area contributed by atoms with Crippen LogP contribution in [0.3, 0.4) is 0 Å². The second-order valence-electron chi connectivity index (χ2n) is 17.2. The zero-order valence-electron chi connectivity index (χ0n) is 42.4. The van der Waals surface area contributed by atoms with Crippen molar-refractivity contribution >= 4 is 66.6 Å². The smallest absolute Gasteiger partial charge is 0.295 e. The summed E-state index contributed by atoms with van der Waals surface area (Å²) < 4.78 is 80.7. The largest absolute Gasteiger partial charge is 0.508 e. The maximum Gasteiger partial charge on any atom is 0.295 e. The topological polar surface area (TPSA) is 301 Å². The number of sulfonamides is 1. The lowest BCUT2D eigenvalue weighted by Crippen LogP contribution is -2.47. The maximum absolute atomic E-state index is 13.6. The number of hydrogen-bond acceptors (Lipinski definition) is 12. The minimum atomic E-state index is -4.96. The summed E-state index contributed by atoms with van der Waals surface area (Å²) in [5, 5.41) is 19.1. The molecule has 0 fully saturated rings. The predicted octanol–water partition coefficient (Wildman–Crippen LogP) is 4.15.